The summed E-state index contributed by atoms with van der Waals surface area (Å²) in [6.07, 6.45) is 5.24. The van der Waals surface area contributed by atoms with Gasteiger partial charge in [0.15, 0.2) is 0 Å². The van der Waals surface area contributed by atoms with Crippen LogP contribution in [0, 0.1) is 0 Å². The molecule has 0 bridgehead atoms. The number of benzene rings is 1. The summed E-state index contributed by atoms with van der Waals surface area (Å²) in [6.45, 7) is 2.46. The van der Waals surface area contributed by atoms with Crippen LogP contribution in [0.1, 0.15) is 24.8 Å². The second-order valence-electron chi connectivity index (χ2n) is 4.48. The molecule has 1 aromatic rings. The predicted octanol–water partition coefficient (Wildman–Crippen LogP) is 4.14. The van der Waals surface area contributed by atoms with E-state index in [9.17, 15) is 4.39 Å². The third kappa shape index (κ3) is 4.14. The Hall–Kier alpha value is -0.860. The Morgan fingerprint density at radius 3 is 2.47 bits per heavy atom. The van der Waals surface area contributed by atoms with Crippen LogP contribution in [0.4, 0.5) is 4.39 Å². The smallest absolute Gasteiger partial charge is 0.114 e. The lowest BCUT2D eigenvalue weighted by atomic mass is 10.1. The van der Waals surface area contributed by atoms with Crippen LogP contribution in [0.5, 0.6) is 0 Å². The van der Waals surface area contributed by atoms with Gasteiger partial charge in [-0.05, 0) is 49.7 Å². The van der Waals surface area contributed by atoms with Crippen LogP contribution >= 0.6 is 11.6 Å². The fourth-order valence-corrected chi connectivity index (χ4v) is 2.24. The van der Waals surface area contributed by atoms with E-state index in [1.54, 1.807) is 18.2 Å². The fourth-order valence-electron chi connectivity index (χ4n) is 2.12. The molecule has 0 aromatic heterocycles. The Bertz CT molecular complexity index is 380. The van der Waals surface area contributed by atoms with Gasteiger partial charge in [-0.1, -0.05) is 30.2 Å². The van der Waals surface area contributed by atoms with E-state index < -0.39 is 0 Å². The molecule has 0 aliphatic carbocycles. The van der Waals surface area contributed by atoms with E-state index >= 15 is 0 Å². The van der Waals surface area contributed by atoms with Crippen molar-refractivity contribution in [1.82, 2.24) is 4.90 Å². The zero-order chi connectivity index (χ0) is 12.1. The first-order chi connectivity index (χ1) is 8.24. The quantitative estimate of drug-likeness (QED) is 0.783. The predicted molar refractivity (Wildman–Crippen MR) is 70.8 cm³/mol. The third-order valence-electron chi connectivity index (χ3n) is 3.02. The Kier molecular flexibility index (Phi) is 4.57. The van der Waals surface area contributed by atoms with E-state index in [0.717, 1.165) is 18.7 Å². The zero-order valence-electron chi connectivity index (χ0n) is 9.83. The normalized spacial score (nSPS) is 18.4. The Morgan fingerprint density at radius 1 is 1.18 bits per heavy atom. The van der Waals surface area contributed by atoms with Crippen LogP contribution in [0.2, 0.25) is 5.02 Å². The molecule has 17 heavy (non-hydrogen) atoms. The first kappa shape index (κ1) is 12.6. The molecule has 3 heteroatoms. The molecular formula is C14H17ClFN. The minimum atomic E-state index is -0.0748. The summed E-state index contributed by atoms with van der Waals surface area (Å²) in [7, 11) is 0. The van der Waals surface area contributed by atoms with Crippen LogP contribution in [0.15, 0.2) is 30.1 Å². The molecule has 92 valence electrons. The molecule has 0 unspecified atom stereocenters. The largest absolute Gasteiger partial charge is 0.297 e. The molecule has 1 saturated heterocycles. The molecule has 1 aliphatic heterocycles. The van der Waals surface area contributed by atoms with Gasteiger partial charge in [0.25, 0.3) is 0 Å². The molecule has 0 saturated carbocycles. The number of nitrogens with zero attached hydrogens (tertiary/aromatic N) is 1. The van der Waals surface area contributed by atoms with Gasteiger partial charge in [-0.3, -0.25) is 4.90 Å². The van der Waals surface area contributed by atoms with E-state index in [1.807, 2.05) is 12.1 Å². The standard InChI is InChI=1S/C14H17ClFN/c15-13-6-4-12(5-7-13)10-14(16)11-17-8-2-1-3-9-17/h4-7,10H,1-3,8-9,11H2/b14-10-. The van der Waals surface area contributed by atoms with Crippen molar-refractivity contribution in [2.24, 2.45) is 0 Å². The molecule has 1 nitrogen and oxygen atoms in total. The average Bonchev–Trinajstić information content (AvgIpc) is 2.33. The number of likely N-dealkylation sites (tertiary alicyclic amines) is 1. The Morgan fingerprint density at radius 2 is 1.82 bits per heavy atom. The summed E-state index contributed by atoms with van der Waals surface area (Å²) in [5.74, 6) is -0.0748. The summed E-state index contributed by atoms with van der Waals surface area (Å²) < 4.78 is 13.8. The molecule has 0 radical (unpaired) electrons. The van der Waals surface area contributed by atoms with Gasteiger partial charge in [-0.15, -0.1) is 0 Å². The second-order valence-corrected chi connectivity index (χ2v) is 4.92. The lowest BCUT2D eigenvalue weighted by Gasteiger charge is -2.25. The van der Waals surface area contributed by atoms with Gasteiger partial charge < -0.3 is 0 Å². The molecule has 0 amide bonds. The Balaban J connectivity index is 1.93. The van der Waals surface area contributed by atoms with E-state index in [1.165, 1.54) is 19.3 Å². The molecule has 0 atom stereocenters. The van der Waals surface area contributed by atoms with Gasteiger partial charge >= 0.3 is 0 Å². The molecule has 1 heterocycles. The molecule has 2 rings (SSSR count). The van der Waals surface area contributed by atoms with Crippen LogP contribution in [-0.4, -0.2) is 24.5 Å². The van der Waals surface area contributed by atoms with Crippen molar-refractivity contribution >= 4 is 17.7 Å². The first-order valence-corrected chi connectivity index (χ1v) is 6.46. The summed E-state index contributed by atoms with van der Waals surface area (Å²) >= 11 is 5.78. The van der Waals surface area contributed by atoms with Crippen LogP contribution in [0.3, 0.4) is 0 Å². The molecule has 0 N–H and O–H groups in total. The SMILES string of the molecule is F/C(=C\c1ccc(Cl)cc1)CN1CCCCC1. The average molecular weight is 254 g/mol. The van der Waals surface area contributed by atoms with Crippen LogP contribution in [0.25, 0.3) is 6.08 Å². The number of hydrogen-bond acceptors (Lipinski definition) is 1. The van der Waals surface area contributed by atoms with Crippen molar-refractivity contribution in [3.63, 3.8) is 0 Å². The van der Waals surface area contributed by atoms with Crippen molar-refractivity contribution in [1.29, 1.82) is 0 Å². The van der Waals surface area contributed by atoms with E-state index in [-0.39, 0.29) is 5.83 Å². The number of hydrogen-bond donors (Lipinski definition) is 0. The summed E-state index contributed by atoms with van der Waals surface area (Å²) in [6, 6.07) is 7.22. The number of piperidine rings is 1. The molecule has 1 fully saturated rings. The minimum Gasteiger partial charge on any atom is -0.297 e. The van der Waals surface area contributed by atoms with Crippen molar-refractivity contribution < 1.29 is 4.39 Å². The van der Waals surface area contributed by atoms with Crippen molar-refractivity contribution in [2.45, 2.75) is 19.3 Å². The third-order valence-corrected chi connectivity index (χ3v) is 3.27. The highest BCUT2D eigenvalue weighted by Crippen LogP contribution is 2.15. The van der Waals surface area contributed by atoms with E-state index in [4.69, 9.17) is 11.6 Å². The van der Waals surface area contributed by atoms with Gasteiger partial charge in [0.2, 0.25) is 0 Å². The van der Waals surface area contributed by atoms with E-state index in [0.29, 0.717) is 11.6 Å². The highest BCUT2D eigenvalue weighted by Gasteiger charge is 2.11. The second kappa shape index (κ2) is 6.18. The first-order valence-electron chi connectivity index (χ1n) is 6.08. The zero-order valence-corrected chi connectivity index (χ0v) is 10.6. The van der Waals surface area contributed by atoms with Crippen LogP contribution < -0.4 is 0 Å². The van der Waals surface area contributed by atoms with Crippen molar-refractivity contribution in [2.75, 3.05) is 19.6 Å². The number of rotatable bonds is 3. The molecule has 1 aromatic carbocycles. The maximum atomic E-state index is 13.8. The summed E-state index contributed by atoms with van der Waals surface area (Å²) in [5.41, 5.74) is 0.865. The summed E-state index contributed by atoms with van der Waals surface area (Å²) in [5, 5.41) is 0.679. The maximum Gasteiger partial charge on any atom is 0.114 e. The van der Waals surface area contributed by atoms with Crippen LogP contribution in [-0.2, 0) is 0 Å². The lowest BCUT2D eigenvalue weighted by Crippen LogP contribution is -2.30. The van der Waals surface area contributed by atoms with Gasteiger partial charge in [0, 0.05) is 5.02 Å². The minimum absolute atomic E-state index is 0.0748. The highest BCUT2D eigenvalue weighted by molar-refractivity contribution is 6.30. The van der Waals surface area contributed by atoms with E-state index in [2.05, 4.69) is 4.90 Å². The molecule has 0 spiro atoms. The van der Waals surface area contributed by atoms with Gasteiger partial charge in [0.05, 0.1) is 6.54 Å². The van der Waals surface area contributed by atoms with Gasteiger partial charge in [-0.25, -0.2) is 4.39 Å². The maximum absolute atomic E-state index is 13.8. The molecule has 1 aliphatic rings. The van der Waals surface area contributed by atoms with Crippen molar-refractivity contribution in [3.05, 3.63) is 40.7 Å². The molecular weight excluding hydrogens is 237 g/mol. The van der Waals surface area contributed by atoms with Gasteiger partial charge in [0.1, 0.15) is 5.83 Å². The monoisotopic (exact) mass is 253 g/mol. The van der Waals surface area contributed by atoms with Crippen molar-refractivity contribution in [3.8, 4) is 0 Å². The lowest BCUT2D eigenvalue weighted by molar-refractivity contribution is 0.234. The Labute approximate surface area is 107 Å². The fraction of sp³-hybridized carbons (Fsp3) is 0.429. The topological polar surface area (TPSA) is 3.24 Å². The van der Waals surface area contributed by atoms with Gasteiger partial charge in [-0.2, -0.15) is 0 Å². The highest BCUT2D eigenvalue weighted by atomic mass is 35.5. The number of halogens is 2. The summed E-state index contributed by atoms with van der Waals surface area (Å²) in [4.78, 5) is 2.17.